The highest BCUT2D eigenvalue weighted by atomic mass is 16.2. The van der Waals surface area contributed by atoms with Gasteiger partial charge in [-0.15, -0.1) is 0 Å². The van der Waals surface area contributed by atoms with Crippen LogP contribution in [0.2, 0.25) is 0 Å². The standard InChI is InChI=1S/C18H19N3O/c22-18(13-19-15-9-2-1-3-10-15)21-20-17-12-6-8-14-7-4-5-11-16(14)17/h1-5,7,9-11,19H,6,8,12-13H2,(H,21,22)/b20-17+. The maximum atomic E-state index is 11.9. The van der Waals surface area contributed by atoms with Crippen molar-refractivity contribution in [3.8, 4) is 0 Å². The number of fused-ring (bicyclic) bond motifs is 1. The summed E-state index contributed by atoms with van der Waals surface area (Å²) in [6.07, 6.45) is 3.07. The van der Waals surface area contributed by atoms with Crippen LogP contribution >= 0.6 is 0 Å². The van der Waals surface area contributed by atoms with Gasteiger partial charge in [-0.2, -0.15) is 5.10 Å². The van der Waals surface area contributed by atoms with Gasteiger partial charge in [-0.25, -0.2) is 5.43 Å². The lowest BCUT2D eigenvalue weighted by Gasteiger charge is -2.17. The molecule has 4 nitrogen and oxygen atoms in total. The third-order valence-corrected chi connectivity index (χ3v) is 3.73. The van der Waals surface area contributed by atoms with Gasteiger partial charge in [0.2, 0.25) is 0 Å². The molecular formula is C18H19N3O. The first-order valence-corrected chi connectivity index (χ1v) is 7.55. The topological polar surface area (TPSA) is 53.5 Å². The SMILES string of the molecule is O=C(CNc1ccccc1)N/N=C1\CCCc2ccccc21. The van der Waals surface area contributed by atoms with E-state index in [0.717, 1.165) is 36.2 Å². The van der Waals surface area contributed by atoms with Crippen molar-refractivity contribution >= 4 is 17.3 Å². The van der Waals surface area contributed by atoms with E-state index in [4.69, 9.17) is 0 Å². The average molecular weight is 293 g/mol. The summed E-state index contributed by atoms with van der Waals surface area (Å²) in [5.74, 6) is -0.139. The molecule has 1 aliphatic carbocycles. The molecule has 3 rings (SSSR count). The fourth-order valence-electron chi connectivity index (χ4n) is 2.62. The van der Waals surface area contributed by atoms with Crippen molar-refractivity contribution < 1.29 is 4.79 Å². The molecule has 112 valence electrons. The molecule has 22 heavy (non-hydrogen) atoms. The first kappa shape index (κ1) is 14.3. The number of carbonyl (C=O) groups excluding carboxylic acids is 1. The first-order valence-electron chi connectivity index (χ1n) is 7.55. The maximum absolute atomic E-state index is 11.9. The molecule has 2 N–H and O–H groups in total. The summed E-state index contributed by atoms with van der Waals surface area (Å²) < 4.78 is 0. The Hall–Kier alpha value is -2.62. The van der Waals surface area contributed by atoms with E-state index in [0.29, 0.717) is 0 Å². The molecule has 2 aromatic rings. The minimum Gasteiger partial charge on any atom is -0.376 e. The van der Waals surface area contributed by atoms with Crippen molar-refractivity contribution in [3.63, 3.8) is 0 Å². The molecule has 0 aromatic heterocycles. The Morgan fingerprint density at radius 1 is 1.00 bits per heavy atom. The number of nitrogens with one attached hydrogen (secondary N) is 2. The molecule has 2 aromatic carbocycles. The second-order valence-electron chi connectivity index (χ2n) is 5.32. The van der Waals surface area contributed by atoms with Crippen LogP contribution in [0.5, 0.6) is 0 Å². The Morgan fingerprint density at radius 3 is 2.64 bits per heavy atom. The number of hydrogen-bond donors (Lipinski definition) is 2. The average Bonchev–Trinajstić information content (AvgIpc) is 2.59. The zero-order chi connectivity index (χ0) is 15.2. The third kappa shape index (κ3) is 3.52. The number of carbonyl (C=O) groups is 1. The van der Waals surface area contributed by atoms with Crippen molar-refractivity contribution in [1.82, 2.24) is 5.43 Å². The zero-order valence-electron chi connectivity index (χ0n) is 12.4. The summed E-state index contributed by atoms with van der Waals surface area (Å²) in [5, 5.41) is 7.38. The van der Waals surface area contributed by atoms with Gasteiger partial charge in [-0.05, 0) is 37.0 Å². The van der Waals surface area contributed by atoms with Gasteiger partial charge in [0.25, 0.3) is 5.91 Å². The second-order valence-corrected chi connectivity index (χ2v) is 5.32. The van der Waals surface area contributed by atoms with E-state index in [1.165, 1.54) is 5.56 Å². The van der Waals surface area contributed by atoms with Crippen LogP contribution in [-0.4, -0.2) is 18.2 Å². The number of aryl methyl sites for hydroxylation is 1. The molecule has 0 saturated heterocycles. The smallest absolute Gasteiger partial charge is 0.259 e. The van der Waals surface area contributed by atoms with Crippen LogP contribution in [0, 0.1) is 0 Å². The largest absolute Gasteiger partial charge is 0.376 e. The predicted molar refractivity (Wildman–Crippen MR) is 89.0 cm³/mol. The van der Waals surface area contributed by atoms with Gasteiger partial charge in [0.15, 0.2) is 0 Å². The minimum absolute atomic E-state index is 0.139. The van der Waals surface area contributed by atoms with Crippen LogP contribution in [0.3, 0.4) is 0 Å². The van der Waals surface area contributed by atoms with Gasteiger partial charge in [0, 0.05) is 11.3 Å². The summed E-state index contributed by atoms with van der Waals surface area (Å²) in [7, 11) is 0. The highest BCUT2D eigenvalue weighted by molar-refractivity contribution is 6.03. The van der Waals surface area contributed by atoms with E-state index in [1.54, 1.807) is 0 Å². The van der Waals surface area contributed by atoms with Crippen molar-refractivity contribution in [2.45, 2.75) is 19.3 Å². The highest BCUT2D eigenvalue weighted by Crippen LogP contribution is 2.21. The van der Waals surface area contributed by atoms with Gasteiger partial charge >= 0.3 is 0 Å². The first-order chi connectivity index (χ1) is 10.8. The number of benzene rings is 2. The molecule has 0 spiro atoms. The molecule has 4 heteroatoms. The van der Waals surface area contributed by atoms with Crippen molar-refractivity contribution in [1.29, 1.82) is 0 Å². The van der Waals surface area contributed by atoms with Gasteiger partial charge in [-0.3, -0.25) is 4.79 Å². The van der Waals surface area contributed by atoms with E-state index in [1.807, 2.05) is 42.5 Å². The van der Waals surface area contributed by atoms with Gasteiger partial charge in [-0.1, -0.05) is 42.5 Å². The molecule has 0 fully saturated rings. The fourth-order valence-corrected chi connectivity index (χ4v) is 2.62. The number of hydrogen-bond acceptors (Lipinski definition) is 3. The molecule has 0 radical (unpaired) electrons. The molecule has 0 saturated carbocycles. The van der Waals surface area contributed by atoms with Gasteiger partial charge in [0.1, 0.15) is 0 Å². The lowest BCUT2D eigenvalue weighted by atomic mass is 9.90. The molecule has 0 aliphatic heterocycles. The maximum Gasteiger partial charge on any atom is 0.259 e. The number of anilines is 1. The van der Waals surface area contributed by atoms with Crippen LogP contribution in [0.4, 0.5) is 5.69 Å². The summed E-state index contributed by atoms with van der Waals surface area (Å²) in [6.45, 7) is 0.211. The number of rotatable bonds is 4. The predicted octanol–water partition coefficient (Wildman–Crippen LogP) is 2.96. The number of nitrogens with zero attached hydrogens (tertiary/aromatic N) is 1. The minimum atomic E-state index is -0.139. The molecule has 1 aliphatic rings. The van der Waals surface area contributed by atoms with Crippen molar-refractivity contribution in [3.05, 3.63) is 65.7 Å². The molecule has 0 heterocycles. The Morgan fingerprint density at radius 2 is 1.77 bits per heavy atom. The van der Waals surface area contributed by atoms with Crippen LogP contribution in [0.1, 0.15) is 24.0 Å². The van der Waals surface area contributed by atoms with E-state index < -0.39 is 0 Å². The number of amides is 1. The van der Waals surface area contributed by atoms with Crippen LogP contribution in [-0.2, 0) is 11.2 Å². The Balaban J connectivity index is 1.59. The summed E-state index contributed by atoms with van der Waals surface area (Å²) >= 11 is 0. The summed E-state index contributed by atoms with van der Waals surface area (Å²) in [6, 6.07) is 17.9. The zero-order valence-corrected chi connectivity index (χ0v) is 12.4. The fraction of sp³-hybridized carbons (Fsp3) is 0.222. The highest BCUT2D eigenvalue weighted by Gasteiger charge is 2.14. The van der Waals surface area contributed by atoms with E-state index >= 15 is 0 Å². The van der Waals surface area contributed by atoms with Crippen LogP contribution < -0.4 is 10.7 Å². The molecule has 0 unspecified atom stereocenters. The molecular weight excluding hydrogens is 274 g/mol. The number of para-hydroxylation sites is 1. The normalized spacial score (nSPS) is 15.2. The van der Waals surface area contributed by atoms with E-state index in [-0.39, 0.29) is 12.5 Å². The lowest BCUT2D eigenvalue weighted by molar-refractivity contribution is -0.119. The quantitative estimate of drug-likeness (QED) is 0.852. The van der Waals surface area contributed by atoms with Gasteiger partial charge in [0.05, 0.1) is 12.3 Å². The molecule has 0 atom stereocenters. The van der Waals surface area contributed by atoms with Gasteiger partial charge < -0.3 is 5.32 Å². The van der Waals surface area contributed by atoms with Crippen molar-refractivity contribution in [2.24, 2.45) is 5.10 Å². The van der Waals surface area contributed by atoms with Crippen molar-refractivity contribution in [2.75, 3.05) is 11.9 Å². The number of hydrazone groups is 1. The second kappa shape index (κ2) is 6.89. The third-order valence-electron chi connectivity index (χ3n) is 3.73. The Labute approximate surface area is 130 Å². The Bertz CT molecular complexity index is 680. The lowest BCUT2D eigenvalue weighted by Crippen LogP contribution is -2.27. The monoisotopic (exact) mass is 293 g/mol. The van der Waals surface area contributed by atoms with Crippen LogP contribution in [0.15, 0.2) is 59.7 Å². The van der Waals surface area contributed by atoms with Crippen LogP contribution in [0.25, 0.3) is 0 Å². The molecule has 0 bridgehead atoms. The van der Waals surface area contributed by atoms with E-state index in [2.05, 4.69) is 28.0 Å². The molecule has 1 amide bonds. The summed E-state index contributed by atoms with van der Waals surface area (Å²) in [4.78, 5) is 11.9. The summed E-state index contributed by atoms with van der Waals surface area (Å²) in [5.41, 5.74) is 7.01. The Kier molecular flexibility index (Phi) is 4.49. The van der Waals surface area contributed by atoms with E-state index in [9.17, 15) is 4.79 Å².